The van der Waals surface area contributed by atoms with Gasteiger partial charge in [-0.2, -0.15) is 15.2 Å². The Balaban J connectivity index is 2.12. The van der Waals surface area contributed by atoms with Gasteiger partial charge >= 0.3 is 0 Å². The van der Waals surface area contributed by atoms with Crippen LogP contribution in [-0.4, -0.2) is 42.7 Å². The first kappa shape index (κ1) is 13.7. The molecule has 0 spiro atoms. The average molecular weight is 305 g/mol. The number of methoxy groups -OCH3 is 1. The fourth-order valence-corrected chi connectivity index (χ4v) is 2.30. The maximum absolute atomic E-state index is 5.86. The number of aromatic nitrogens is 6. The zero-order valence-corrected chi connectivity index (χ0v) is 12.2. The minimum atomic E-state index is 0.453. The molecule has 0 radical (unpaired) electrons. The van der Waals surface area contributed by atoms with E-state index in [-0.39, 0.29) is 0 Å². The molecule has 0 atom stereocenters. The van der Waals surface area contributed by atoms with Crippen LogP contribution in [0.15, 0.2) is 24.7 Å². The molecule has 0 fully saturated rings. The van der Waals surface area contributed by atoms with E-state index < -0.39 is 0 Å². The Labute approximate surface area is 126 Å². The average Bonchev–Trinajstić information content (AvgIpc) is 2.87. The van der Waals surface area contributed by atoms with Crippen molar-refractivity contribution in [1.82, 2.24) is 29.7 Å². The molecule has 0 unspecified atom stereocenters. The zero-order valence-electron chi connectivity index (χ0n) is 11.4. The molecule has 21 heavy (non-hydrogen) atoms. The lowest BCUT2D eigenvalue weighted by atomic mass is 10.3. The van der Waals surface area contributed by atoms with E-state index in [1.165, 1.54) is 6.33 Å². The molecule has 108 valence electrons. The van der Waals surface area contributed by atoms with Crippen molar-refractivity contribution in [2.75, 3.05) is 13.0 Å². The van der Waals surface area contributed by atoms with Gasteiger partial charge in [-0.05, 0) is 12.1 Å². The molecule has 0 N–H and O–H groups in total. The second kappa shape index (κ2) is 6.01. The van der Waals surface area contributed by atoms with E-state index in [0.717, 1.165) is 11.5 Å². The van der Waals surface area contributed by atoms with Gasteiger partial charge in [-0.15, -0.1) is 11.6 Å². The minimum Gasteiger partial charge on any atom is -0.479 e. The van der Waals surface area contributed by atoms with E-state index in [1.54, 1.807) is 13.3 Å². The van der Waals surface area contributed by atoms with Gasteiger partial charge in [0.2, 0.25) is 5.88 Å². The summed E-state index contributed by atoms with van der Waals surface area (Å²) >= 11 is 5.86. The maximum atomic E-state index is 5.86. The Kier molecular flexibility index (Phi) is 3.92. The molecule has 3 rings (SSSR count). The summed E-state index contributed by atoms with van der Waals surface area (Å²) in [5, 5.41) is 7.99. The predicted molar refractivity (Wildman–Crippen MR) is 77.4 cm³/mol. The summed E-state index contributed by atoms with van der Waals surface area (Å²) in [6, 6.07) is 3.75. The summed E-state index contributed by atoms with van der Waals surface area (Å²) in [6.45, 7) is 0.525. The van der Waals surface area contributed by atoms with Crippen LogP contribution in [0.1, 0.15) is 11.5 Å². The number of hydrogen-bond donors (Lipinski definition) is 0. The van der Waals surface area contributed by atoms with E-state index in [4.69, 9.17) is 16.3 Å². The third-order valence-corrected chi connectivity index (χ3v) is 3.23. The second-order valence-electron chi connectivity index (χ2n) is 4.32. The lowest BCUT2D eigenvalue weighted by Crippen LogP contribution is -2.08. The van der Waals surface area contributed by atoms with Crippen molar-refractivity contribution in [3.63, 3.8) is 0 Å². The number of fused-ring (bicyclic) bond motifs is 1. The van der Waals surface area contributed by atoms with Crippen LogP contribution in [0, 0.1) is 0 Å². The van der Waals surface area contributed by atoms with E-state index in [1.807, 2.05) is 16.7 Å². The van der Waals surface area contributed by atoms with Crippen molar-refractivity contribution in [2.24, 2.45) is 0 Å². The number of aryl methyl sites for hydroxylation is 1. The first-order valence-corrected chi connectivity index (χ1v) is 6.93. The molecular formula is C13H13ClN6O. The molecule has 3 aromatic heterocycles. The van der Waals surface area contributed by atoms with Crippen molar-refractivity contribution >= 4 is 22.8 Å². The van der Waals surface area contributed by atoms with Gasteiger partial charge in [-0.25, -0.2) is 9.97 Å². The number of imidazole rings is 1. The molecule has 0 bridgehead atoms. The second-order valence-corrected chi connectivity index (χ2v) is 4.70. The van der Waals surface area contributed by atoms with Gasteiger partial charge in [0, 0.05) is 18.5 Å². The highest BCUT2D eigenvalue weighted by Crippen LogP contribution is 2.22. The molecule has 3 aromatic rings. The molecule has 0 aliphatic rings. The molecular weight excluding hydrogens is 292 g/mol. The van der Waals surface area contributed by atoms with Crippen LogP contribution in [0.3, 0.4) is 0 Å². The number of halogens is 1. The highest BCUT2D eigenvalue weighted by molar-refractivity contribution is 6.17. The minimum absolute atomic E-state index is 0.453. The first-order valence-electron chi connectivity index (χ1n) is 6.40. The van der Waals surface area contributed by atoms with Crippen LogP contribution >= 0.6 is 11.6 Å². The Morgan fingerprint density at radius 1 is 1.33 bits per heavy atom. The van der Waals surface area contributed by atoms with Crippen molar-refractivity contribution in [3.8, 4) is 5.88 Å². The van der Waals surface area contributed by atoms with Gasteiger partial charge in [-0.1, -0.05) is 0 Å². The quantitative estimate of drug-likeness (QED) is 0.664. The van der Waals surface area contributed by atoms with E-state index in [0.29, 0.717) is 35.9 Å². The van der Waals surface area contributed by atoms with Gasteiger partial charge in [-0.3, -0.25) is 0 Å². The third-order valence-electron chi connectivity index (χ3n) is 3.04. The molecule has 0 aliphatic carbocycles. The highest BCUT2D eigenvalue weighted by Gasteiger charge is 2.16. The van der Waals surface area contributed by atoms with Crippen LogP contribution in [0.25, 0.3) is 11.2 Å². The van der Waals surface area contributed by atoms with Gasteiger partial charge < -0.3 is 9.30 Å². The SMILES string of the molecule is COc1ncnc2c1nc(CCCl)n2Cc1cccnn1. The number of ether oxygens (including phenoxy) is 1. The monoisotopic (exact) mass is 304 g/mol. The predicted octanol–water partition coefficient (Wildman–Crippen LogP) is 1.45. The van der Waals surface area contributed by atoms with Crippen LogP contribution < -0.4 is 4.74 Å². The molecule has 0 saturated carbocycles. The maximum Gasteiger partial charge on any atom is 0.245 e. The third kappa shape index (κ3) is 2.64. The summed E-state index contributed by atoms with van der Waals surface area (Å²) in [6.07, 6.45) is 3.72. The van der Waals surface area contributed by atoms with E-state index >= 15 is 0 Å². The molecule has 0 aliphatic heterocycles. The standard InChI is InChI=1S/C13H13ClN6O/c1-21-13-11-12(15-8-16-13)20(10(18-11)4-5-14)7-9-3-2-6-17-19-9/h2-3,6,8H,4-5,7H2,1H3. The Morgan fingerprint density at radius 2 is 2.24 bits per heavy atom. The molecule has 0 aromatic carbocycles. The Morgan fingerprint density at radius 3 is 2.95 bits per heavy atom. The fourth-order valence-electron chi connectivity index (χ4n) is 2.13. The summed E-state index contributed by atoms with van der Waals surface area (Å²) in [5.74, 6) is 1.75. The van der Waals surface area contributed by atoms with Crippen molar-refractivity contribution in [1.29, 1.82) is 0 Å². The highest BCUT2D eigenvalue weighted by atomic mass is 35.5. The Bertz CT molecular complexity index is 745. The van der Waals surface area contributed by atoms with E-state index in [9.17, 15) is 0 Å². The Hall–Kier alpha value is -2.28. The number of nitrogens with zero attached hydrogens (tertiary/aromatic N) is 6. The van der Waals surface area contributed by atoms with Crippen molar-refractivity contribution in [3.05, 3.63) is 36.2 Å². The molecule has 7 nitrogen and oxygen atoms in total. The number of rotatable bonds is 5. The van der Waals surface area contributed by atoms with Gasteiger partial charge in [0.05, 0.1) is 19.3 Å². The summed E-state index contributed by atoms with van der Waals surface area (Å²) in [5.41, 5.74) is 2.15. The summed E-state index contributed by atoms with van der Waals surface area (Å²) in [7, 11) is 1.56. The number of alkyl halides is 1. The number of hydrogen-bond acceptors (Lipinski definition) is 6. The normalized spacial score (nSPS) is 11.0. The summed E-state index contributed by atoms with van der Waals surface area (Å²) in [4.78, 5) is 12.9. The summed E-state index contributed by atoms with van der Waals surface area (Å²) < 4.78 is 7.20. The molecule has 8 heteroatoms. The lowest BCUT2D eigenvalue weighted by Gasteiger charge is -2.06. The zero-order chi connectivity index (χ0) is 14.7. The molecule has 3 heterocycles. The topological polar surface area (TPSA) is 78.6 Å². The van der Waals surface area contributed by atoms with Crippen molar-refractivity contribution in [2.45, 2.75) is 13.0 Å². The lowest BCUT2D eigenvalue weighted by molar-refractivity contribution is 0.401. The van der Waals surface area contributed by atoms with E-state index in [2.05, 4.69) is 25.1 Å². The van der Waals surface area contributed by atoms with Crippen molar-refractivity contribution < 1.29 is 4.74 Å². The van der Waals surface area contributed by atoms with Crippen LogP contribution in [0.2, 0.25) is 0 Å². The van der Waals surface area contributed by atoms with Gasteiger partial charge in [0.15, 0.2) is 11.2 Å². The van der Waals surface area contributed by atoms with Gasteiger partial charge in [0.1, 0.15) is 12.2 Å². The van der Waals surface area contributed by atoms with Crippen LogP contribution in [-0.2, 0) is 13.0 Å². The largest absolute Gasteiger partial charge is 0.479 e. The molecule has 0 saturated heterocycles. The van der Waals surface area contributed by atoms with Crippen LogP contribution in [0.5, 0.6) is 5.88 Å². The molecule has 0 amide bonds. The van der Waals surface area contributed by atoms with Gasteiger partial charge in [0.25, 0.3) is 0 Å². The fraction of sp³-hybridized carbons (Fsp3) is 0.308. The smallest absolute Gasteiger partial charge is 0.245 e. The first-order chi connectivity index (χ1) is 10.3. The van der Waals surface area contributed by atoms with Crippen LogP contribution in [0.4, 0.5) is 0 Å².